The molecule has 9 heteroatoms. The average Bonchev–Trinajstić information content (AvgIpc) is 3.24. The molecule has 2 heterocycles. The van der Waals surface area contributed by atoms with Crippen LogP contribution < -0.4 is 5.32 Å². The van der Waals surface area contributed by atoms with E-state index in [-0.39, 0.29) is 30.7 Å². The van der Waals surface area contributed by atoms with Gasteiger partial charge in [-0.1, -0.05) is 23.5 Å². The number of carbonyl (C=O) groups excluding carboxylic acids is 3. The lowest BCUT2D eigenvalue weighted by molar-refractivity contribution is -0.128. The van der Waals surface area contributed by atoms with E-state index in [1.54, 1.807) is 30.9 Å². The van der Waals surface area contributed by atoms with Gasteiger partial charge in [-0.15, -0.1) is 0 Å². The third-order valence-corrected chi connectivity index (χ3v) is 5.71. The van der Waals surface area contributed by atoms with Crippen molar-refractivity contribution in [1.82, 2.24) is 9.88 Å². The molecule has 1 saturated heterocycles. The number of benzene rings is 1. The van der Waals surface area contributed by atoms with Crippen LogP contribution in [0, 0.1) is 18.7 Å². The Balaban J connectivity index is 1.55. The molecule has 3 rings (SSSR count). The highest BCUT2D eigenvalue weighted by Crippen LogP contribution is 2.26. The summed E-state index contributed by atoms with van der Waals surface area (Å²) < 4.78 is 18.0. The van der Waals surface area contributed by atoms with E-state index >= 15 is 0 Å². The summed E-state index contributed by atoms with van der Waals surface area (Å²) in [6.45, 7) is 4.44. The summed E-state index contributed by atoms with van der Waals surface area (Å²) in [6.07, 6.45) is 0.722. The van der Waals surface area contributed by atoms with Gasteiger partial charge in [0.2, 0.25) is 11.8 Å². The molecule has 1 atom stereocenters. The van der Waals surface area contributed by atoms with Gasteiger partial charge in [0.1, 0.15) is 10.7 Å². The van der Waals surface area contributed by atoms with Gasteiger partial charge < -0.3 is 15.0 Å². The number of anilines is 1. The normalized spacial score (nSPS) is 16.2. The minimum Gasteiger partial charge on any atom is -0.462 e. The van der Waals surface area contributed by atoms with Gasteiger partial charge in [-0.05, 0) is 38.0 Å². The third kappa shape index (κ3) is 5.17. The summed E-state index contributed by atoms with van der Waals surface area (Å²) in [7, 11) is 0. The lowest BCUT2D eigenvalue weighted by atomic mass is 10.1. The first kappa shape index (κ1) is 20.9. The van der Waals surface area contributed by atoms with Crippen LogP contribution in [0.3, 0.4) is 0 Å². The van der Waals surface area contributed by atoms with Gasteiger partial charge >= 0.3 is 5.97 Å². The van der Waals surface area contributed by atoms with E-state index in [1.165, 1.54) is 12.1 Å². The van der Waals surface area contributed by atoms with Gasteiger partial charge in [0.15, 0.2) is 5.13 Å². The number of nitrogens with zero attached hydrogens (tertiary/aromatic N) is 2. The number of likely N-dealkylation sites (tertiary alicyclic amines) is 1. The first-order chi connectivity index (χ1) is 13.9. The largest absolute Gasteiger partial charge is 0.462 e. The maximum absolute atomic E-state index is 13.0. The summed E-state index contributed by atoms with van der Waals surface area (Å²) in [4.78, 5) is 42.9. The quantitative estimate of drug-likeness (QED) is 0.697. The number of aromatic nitrogens is 1. The first-order valence-corrected chi connectivity index (χ1v) is 10.2. The van der Waals surface area contributed by atoms with Crippen LogP contribution in [0.25, 0.3) is 0 Å². The van der Waals surface area contributed by atoms with E-state index in [4.69, 9.17) is 4.74 Å². The molecule has 1 aliphatic rings. The van der Waals surface area contributed by atoms with E-state index < -0.39 is 11.9 Å². The number of aryl methyl sites for hydroxylation is 1. The Hall–Kier alpha value is -2.81. The Morgan fingerprint density at radius 3 is 2.76 bits per heavy atom. The molecule has 1 aliphatic heterocycles. The van der Waals surface area contributed by atoms with Crippen LogP contribution in [-0.4, -0.2) is 47.4 Å². The van der Waals surface area contributed by atoms with Crippen molar-refractivity contribution in [3.05, 3.63) is 46.2 Å². The number of carbonyl (C=O) groups is 3. The Morgan fingerprint density at radius 1 is 1.34 bits per heavy atom. The molecule has 0 radical (unpaired) electrons. The van der Waals surface area contributed by atoms with Crippen LogP contribution in [-0.2, 0) is 20.7 Å². The number of rotatable bonds is 7. The van der Waals surface area contributed by atoms with Crippen molar-refractivity contribution < 1.29 is 23.5 Å². The van der Waals surface area contributed by atoms with Crippen molar-refractivity contribution in [2.75, 3.05) is 25.0 Å². The number of hydrogen-bond donors (Lipinski definition) is 1. The number of thiazole rings is 1. The van der Waals surface area contributed by atoms with Gasteiger partial charge in [0.25, 0.3) is 0 Å². The van der Waals surface area contributed by atoms with Crippen molar-refractivity contribution in [3.8, 4) is 0 Å². The molecule has 7 nitrogen and oxygen atoms in total. The standard InChI is InChI=1S/C20H22FN3O4S/c1-3-28-19(27)17-12(2)22-20(29-17)23-18(26)14-10-16(25)24(11-14)9-8-13-4-6-15(21)7-5-13/h4-7,14H,3,8-11H2,1-2H3,(H,22,23,26)/t14-/m0/s1. The molecular weight excluding hydrogens is 397 g/mol. The van der Waals surface area contributed by atoms with Gasteiger partial charge in [-0.2, -0.15) is 0 Å². The highest BCUT2D eigenvalue weighted by molar-refractivity contribution is 7.17. The number of hydrogen-bond acceptors (Lipinski definition) is 6. The molecule has 0 spiro atoms. The van der Waals surface area contributed by atoms with Crippen molar-refractivity contribution in [2.24, 2.45) is 5.92 Å². The van der Waals surface area contributed by atoms with E-state index in [1.807, 2.05) is 0 Å². The average molecular weight is 419 g/mol. The highest BCUT2D eigenvalue weighted by atomic mass is 32.1. The number of amides is 2. The summed E-state index contributed by atoms with van der Waals surface area (Å²) in [5, 5.41) is 3.02. The molecular formula is C20H22FN3O4S. The summed E-state index contributed by atoms with van der Waals surface area (Å²) >= 11 is 1.06. The molecule has 1 fully saturated rings. The third-order valence-electron chi connectivity index (χ3n) is 4.66. The SMILES string of the molecule is CCOC(=O)c1sc(NC(=O)[C@H]2CC(=O)N(CCc3ccc(F)cc3)C2)nc1C. The van der Waals surface area contributed by atoms with E-state index in [2.05, 4.69) is 10.3 Å². The molecule has 29 heavy (non-hydrogen) atoms. The molecule has 1 aromatic carbocycles. The number of nitrogens with one attached hydrogen (secondary N) is 1. The molecule has 1 N–H and O–H groups in total. The van der Waals surface area contributed by atoms with Crippen molar-refractivity contribution in [3.63, 3.8) is 0 Å². The maximum atomic E-state index is 13.0. The van der Waals surface area contributed by atoms with Crippen LogP contribution in [0.15, 0.2) is 24.3 Å². The molecule has 0 aliphatic carbocycles. The van der Waals surface area contributed by atoms with Crippen LogP contribution in [0.4, 0.5) is 9.52 Å². The number of esters is 1. The van der Waals surface area contributed by atoms with Gasteiger partial charge in [-0.3, -0.25) is 9.59 Å². The second kappa shape index (κ2) is 9.13. The topological polar surface area (TPSA) is 88.6 Å². The minimum absolute atomic E-state index is 0.0882. The fraction of sp³-hybridized carbons (Fsp3) is 0.400. The van der Waals surface area contributed by atoms with E-state index in [0.717, 1.165) is 16.9 Å². The lowest BCUT2D eigenvalue weighted by Crippen LogP contribution is -2.30. The van der Waals surface area contributed by atoms with Gasteiger partial charge in [0, 0.05) is 19.5 Å². The molecule has 1 aromatic heterocycles. The van der Waals surface area contributed by atoms with E-state index in [9.17, 15) is 18.8 Å². The molecule has 2 aromatic rings. The Labute approximate surface area is 171 Å². The van der Waals surface area contributed by atoms with Crippen LogP contribution in [0.1, 0.15) is 34.3 Å². The Morgan fingerprint density at radius 2 is 2.07 bits per heavy atom. The number of ether oxygens (including phenoxy) is 1. The second-order valence-corrected chi connectivity index (χ2v) is 7.76. The fourth-order valence-electron chi connectivity index (χ4n) is 3.12. The van der Waals surface area contributed by atoms with Crippen molar-refractivity contribution in [1.29, 1.82) is 0 Å². The molecule has 2 amide bonds. The van der Waals surface area contributed by atoms with Crippen LogP contribution in [0.2, 0.25) is 0 Å². The Bertz CT molecular complexity index is 913. The minimum atomic E-state index is -0.481. The summed E-state index contributed by atoms with van der Waals surface area (Å²) in [5.41, 5.74) is 1.42. The summed E-state index contributed by atoms with van der Waals surface area (Å²) in [5.74, 6) is -1.63. The van der Waals surface area contributed by atoms with Crippen molar-refractivity contribution >= 4 is 34.3 Å². The number of halogens is 1. The van der Waals surface area contributed by atoms with Crippen molar-refractivity contribution in [2.45, 2.75) is 26.7 Å². The zero-order valence-electron chi connectivity index (χ0n) is 16.2. The monoisotopic (exact) mass is 419 g/mol. The predicted octanol–water partition coefficient (Wildman–Crippen LogP) is 2.80. The molecule has 0 bridgehead atoms. The van der Waals surface area contributed by atoms with Crippen LogP contribution >= 0.6 is 11.3 Å². The fourth-order valence-corrected chi connectivity index (χ4v) is 3.99. The molecule has 0 saturated carbocycles. The first-order valence-electron chi connectivity index (χ1n) is 9.35. The Kier molecular flexibility index (Phi) is 6.58. The van der Waals surface area contributed by atoms with Gasteiger partial charge in [-0.25, -0.2) is 14.2 Å². The lowest BCUT2D eigenvalue weighted by Gasteiger charge is -2.16. The highest BCUT2D eigenvalue weighted by Gasteiger charge is 2.34. The summed E-state index contributed by atoms with van der Waals surface area (Å²) in [6, 6.07) is 6.15. The maximum Gasteiger partial charge on any atom is 0.350 e. The molecule has 0 unspecified atom stereocenters. The smallest absolute Gasteiger partial charge is 0.350 e. The second-order valence-electron chi connectivity index (χ2n) is 6.76. The van der Waals surface area contributed by atoms with Gasteiger partial charge in [0.05, 0.1) is 18.2 Å². The molecule has 154 valence electrons. The van der Waals surface area contributed by atoms with E-state index in [0.29, 0.717) is 35.2 Å². The zero-order valence-corrected chi connectivity index (χ0v) is 17.1. The zero-order chi connectivity index (χ0) is 21.0. The predicted molar refractivity (Wildman–Crippen MR) is 106 cm³/mol. The van der Waals surface area contributed by atoms with Crippen LogP contribution in [0.5, 0.6) is 0 Å².